The molecule has 0 saturated carbocycles. The van der Waals surface area contributed by atoms with E-state index in [0.29, 0.717) is 11.8 Å². The van der Waals surface area contributed by atoms with E-state index in [1.165, 1.54) is 5.56 Å². The molecule has 2 aromatic heterocycles. The van der Waals surface area contributed by atoms with Crippen molar-refractivity contribution in [1.82, 2.24) is 5.32 Å². The van der Waals surface area contributed by atoms with E-state index < -0.39 is 0 Å². The highest BCUT2D eigenvalue weighted by molar-refractivity contribution is 6.30. The van der Waals surface area contributed by atoms with Crippen LogP contribution in [0.4, 0.5) is 0 Å². The van der Waals surface area contributed by atoms with Crippen LogP contribution < -0.4 is 5.32 Å². The number of rotatable bonds is 4. The molecule has 4 heteroatoms. The van der Waals surface area contributed by atoms with Gasteiger partial charge in [0, 0.05) is 29.1 Å². The van der Waals surface area contributed by atoms with Crippen LogP contribution in [0.25, 0.3) is 11.0 Å². The van der Waals surface area contributed by atoms with Gasteiger partial charge in [0.15, 0.2) is 5.22 Å². The minimum absolute atomic E-state index is 0.187. The minimum Gasteiger partial charge on any atom is -0.466 e. The summed E-state index contributed by atoms with van der Waals surface area (Å²) in [5.41, 5.74) is 3.00. The molecule has 1 aromatic carbocycles. The fourth-order valence-electron chi connectivity index (χ4n) is 2.68. The monoisotopic (exact) mass is 303 g/mol. The second-order valence-corrected chi connectivity index (χ2v) is 5.66. The molecule has 0 spiro atoms. The molecular formula is C17H18ClNO2. The van der Waals surface area contributed by atoms with Crippen molar-refractivity contribution >= 4 is 22.6 Å². The van der Waals surface area contributed by atoms with Gasteiger partial charge in [0.1, 0.15) is 17.1 Å². The van der Waals surface area contributed by atoms with Gasteiger partial charge in [0.25, 0.3) is 0 Å². The van der Waals surface area contributed by atoms with Gasteiger partial charge in [0.2, 0.25) is 0 Å². The van der Waals surface area contributed by atoms with E-state index in [2.05, 4.69) is 18.3 Å². The maximum absolute atomic E-state index is 6.21. The number of nitrogens with one attached hydrogen (secondary N) is 1. The summed E-state index contributed by atoms with van der Waals surface area (Å²) in [6.07, 6.45) is 0. The smallest absolute Gasteiger partial charge is 0.199 e. The molecule has 21 heavy (non-hydrogen) atoms. The Morgan fingerprint density at radius 2 is 1.95 bits per heavy atom. The van der Waals surface area contributed by atoms with Crippen molar-refractivity contribution in [1.29, 1.82) is 0 Å². The predicted molar refractivity (Wildman–Crippen MR) is 84.7 cm³/mol. The van der Waals surface area contributed by atoms with Crippen molar-refractivity contribution in [2.24, 2.45) is 0 Å². The van der Waals surface area contributed by atoms with E-state index in [0.717, 1.165) is 28.1 Å². The Morgan fingerprint density at radius 1 is 1.19 bits per heavy atom. The van der Waals surface area contributed by atoms with Gasteiger partial charge in [-0.15, -0.1) is 0 Å². The van der Waals surface area contributed by atoms with Crippen molar-refractivity contribution in [3.63, 3.8) is 0 Å². The molecule has 0 bridgehead atoms. The number of para-hydroxylation sites is 1. The molecule has 3 aromatic rings. The maximum Gasteiger partial charge on any atom is 0.199 e. The lowest BCUT2D eigenvalue weighted by atomic mass is 10.1. The Balaban J connectivity index is 1.80. The summed E-state index contributed by atoms with van der Waals surface area (Å²) in [5.74, 6) is 1.89. The Morgan fingerprint density at radius 3 is 2.67 bits per heavy atom. The number of aryl methyl sites for hydroxylation is 2. The second kappa shape index (κ2) is 5.58. The third kappa shape index (κ3) is 2.71. The summed E-state index contributed by atoms with van der Waals surface area (Å²) < 4.78 is 11.2. The Labute approximate surface area is 128 Å². The molecule has 2 heterocycles. The molecule has 3 nitrogen and oxygen atoms in total. The first-order chi connectivity index (χ1) is 10.1. The minimum atomic E-state index is 0.187. The number of hydrogen-bond acceptors (Lipinski definition) is 3. The van der Waals surface area contributed by atoms with Gasteiger partial charge >= 0.3 is 0 Å². The molecule has 1 unspecified atom stereocenters. The van der Waals surface area contributed by atoms with Crippen molar-refractivity contribution in [3.8, 4) is 0 Å². The number of fused-ring (bicyclic) bond motifs is 1. The van der Waals surface area contributed by atoms with Gasteiger partial charge in [0.05, 0.1) is 0 Å². The zero-order chi connectivity index (χ0) is 15.0. The summed E-state index contributed by atoms with van der Waals surface area (Å²) in [5, 5.41) is 5.00. The van der Waals surface area contributed by atoms with Crippen LogP contribution >= 0.6 is 11.6 Å². The summed E-state index contributed by atoms with van der Waals surface area (Å²) in [4.78, 5) is 0. The van der Waals surface area contributed by atoms with Gasteiger partial charge in [-0.2, -0.15) is 0 Å². The zero-order valence-electron chi connectivity index (χ0n) is 12.4. The topological polar surface area (TPSA) is 38.3 Å². The van der Waals surface area contributed by atoms with E-state index in [-0.39, 0.29) is 6.04 Å². The first kappa shape index (κ1) is 14.2. The number of halogens is 1. The van der Waals surface area contributed by atoms with Crippen LogP contribution in [0.2, 0.25) is 5.22 Å². The largest absolute Gasteiger partial charge is 0.466 e. The molecule has 0 aliphatic carbocycles. The fraction of sp³-hybridized carbons (Fsp3) is 0.294. The molecule has 0 aliphatic heterocycles. The first-order valence-electron chi connectivity index (χ1n) is 7.02. The number of furan rings is 2. The molecule has 0 fully saturated rings. The average molecular weight is 304 g/mol. The Kier molecular flexibility index (Phi) is 3.79. The normalized spacial score (nSPS) is 13.0. The first-order valence-corrected chi connectivity index (χ1v) is 7.40. The molecule has 0 radical (unpaired) electrons. The fourth-order valence-corrected chi connectivity index (χ4v) is 2.93. The zero-order valence-corrected chi connectivity index (χ0v) is 13.1. The van der Waals surface area contributed by atoms with Crippen molar-refractivity contribution in [2.45, 2.75) is 33.4 Å². The molecule has 0 aliphatic rings. The van der Waals surface area contributed by atoms with Gasteiger partial charge in [-0.3, -0.25) is 0 Å². The van der Waals surface area contributed by atoms with Crippen LogP contribution in [0, 0.1) is 13.8 Å². The van der Waals surface area contributed by atoms with Crippen molar-refractivity contribution < 1.29 is 8.83 Å². The van der Waals surface area contributed by atoms with E-state index >= 15 is 0 Å². The van der Waals surface area contributed by atoms with Crippen LogP contribution in [0.5, 0.6) is 0 Å². The second-order valence-electron chi connectivity index (χ2n) is 5.32. The highest BCUT2D eigenvalue weighted by Gasteiger charge is 2.16. The maximum atomic E-state index is 6.21. The molecule has 0 amide bonds. The molecule has 3 rings (SSSR count). The SMILES string of the molecule is Cc1cc(C(C)NCc2c(Cl)oc3ccccc23)c(C)o1. The van der Waals surface area contributed by atoms with Gasteiger partial charge in [-0.25, -0.2) is 0 Å². The summed E-state index contributed by atoms with van der Waals surface area (Å²) >= 11 is 6.21. The lowest BCUT2D eigenvalue weighted by Gasteiger charge is -2.12. The van der Waals surface area contributed by atoms with E-state index in [4.69, 9.17) is 20.4 Å². The van der Waals surface area contributed by atoms with Gasteiger partial charge in [-0.05, 0) is 44.5 Å². The molecule has 110 valence electrons. The molecular weight excluding hydrogens is 286 g/mol. The molecule has 1 N–H and O–H groups in total. The van der Waals surface area contributed by atoms with Crippen LogP contribution in [0.1, 0.15) is 35.6 Å². The Hall–Kier alpha value is -1.71. The predicted octanol–water partition coefficient (Wildman–Crippen LogP) is 5.15. The van der Waals surface area contributed by atoms with Crippen LogP contribution in [-0.4, -0.2) is 0 Å². The Bertz CT molecular complexity index is 772. The standard InChI is InChI=1S/C17H18ClNO2/c1-10-8-14(12(3)20-10)11(2)19-9-15-13-6-4-5-7-16(13)21-17(15)18/h4-8,11,19H,9H2,1-3H3. The lowest BCUT2D eigenvalue weighted by molar-refractivity contribution is 0.489. The molecule has 0 saturated heterocycles. The highest BCUT2D eigenvalue weighted by Crippen LogP contribution is 2.30. The third-order valence-corrected chi connectivity index (χ3v) is 4.09. The number of hydrogen-bond donors (Lipinski definition) is 1. The highest BCUT2D eigenvalue weighted by atomic mass is 35.5. The molecule has 1 atom stereocenters. The average Bonchev–Trinajstić information content (AvgIpc) is 2.95. The van der Waals surface area contributed by atoms with Crippen molar-refractivity contribution in [3.05, 3.63) is 58.2 Å². The summed E-state index contributed by atoms with van der Waals surface area (Å²) in [6.45, 7) is 6.72. The number of benzene rings is 1. The van der Waals surface area contributed by atoms with Gasteiger partial charge in [-0.1, -0.05) is 18.2 Å². The van der Waals surface area contributed by atoms with Crippen LogP contribution in [-0.2, 0) is 6.54 Å². The van der Waals surface area contributed by atoms with Crippen LogP contribution in [0.15, 0.2) is 39.2 Å². The summed E-state index contributed by atoms with van der Waals surface area (Å²) in [6, 6.07) is 10.1. The third-order valence-electron chi connectivity index (χ3n) is 3.78. The van der Waals surface area contributed by atoms with E-state index in [1.54, 1.807) is 0 Å². The summed E-state index contributed by atoms with van der Waals surface area (Å²) in [7, 11) is 0. The quantitative estimate of drug-likeness (QED) is 0.724. The van der Waals surface area contributed by atoms with Gasteiger partial charge < -0.3 is 14.2 Å². The van der Waals surface area contributed by atoms with Crippen LogP contribution in [0.3, 0.4) is 0 Å². The lowest BCUT2D eigenvalue weighted by Crippen LogP contribution is -2.18. The van der Waals surface area contributed by atoms with Crippen molar-refractivity contribution in [2.75, 3.05) is 0 Å². The van der Waals surface area contributed by atoms with E-state index in [1.807, 2.05) is 38.1 Å². The van der Waals surface area contributed by atoms with E-state index in [9.17, 15) is 0 Å².